The normalized spacial score (nSPS) is 10.8. The maximum atomic E-state index is 11.8. The molecule has 26 heavy (non-hydrogen) atoms. The second-order valence-corrected chi connectivity index (χ2v) is 6.87. The molecule has 0 fully saturated rings. The lowest BCUT2D eigenvalue weighted by Crippen LogP contribution is -2.22. The summed E-state index contributed by atoms with van der Waals surface area (Å²) >= 11 is 0. The van der Waals surface area contributed by atoms with E-state index in [0.717, 1.165) is 5.56 Å². The van der Waals surface area contributed by atoms with Crippen LogP contribution in [0.3, 0.4) is 0 Å². The summed E-state index contributed by atoms with van der Waals surface area (Å²) < 4.78 is 32.5. The molecule has 0 aliphatic rings. The number of nitrogens with two attached hydrogens (primary N) is 1. The molecule has 0 aliphatic heterocycles. The summed E-state index contributed by atoms with van der Waals surface area (Å²) in [6.45, 7) is -0.491. The van der Waals surface area contributed by atoms with Crippen molar-refractivity contribution in [2.75, 3.05) is 19.0 Å². The molecule has 0 spiro atoms. The average molecular weight is 378 g/mol. The maximum absolute atomic E-state index is 11.8. The second-order valence-electron chi connectivity index (χ2n) is 5.31. The van der Waals surface area contributed by atoms with Crippen molar-refractivity contribution >= 4 is 27.6 Å². The van der Waals surface area contributed by atoms with E-state index in [1.54, 1.807) is 31.4 Å². The highest BCUT2D eigenvalue weighted by Crippen LogP contribution is 2.14. The van der Waals surface area contributed by atoms with Gasteiger partial charge in [0.1, 0.15) is 5.75 Å². The fourth-order valence-electron chi connectivity index (χ4n) is 2.06. The summed E-state index contributed by atoms with van der Waals surface area (Å²) in [7, 11) is -2.33. The number of nitrogens with one attached hydrogen (secondary N) is 1. The van der Waals surface area contributed by atoms with Gasteiger partial charge in [-0.1, -0.05) is 18.2 Å². The molecule has 0 atom stereocenters. The van der Waals surface area contributed by atoms with Crippen molar-refractivity contribution in [1.82, 2.24) is 0 Å². The molecule has 0 saturated carbocycles. The Balaban J connectivity index is 1.85. The molecule has 2 aromatic rings. The molecule has 0 saturated heterocycles. The van der Waals surface area contributed by atoms with Crippen LogP contribution in [0.2, 0.25) is 0 Å². The number of esters is 1. The van der Waals surface area contributed by atoms with E-state index in [4.69, 9.17) is 14.6 Å². The van der Waals surface area contributed by atoms with E-state index in [9.17, 15) is 18.0 Å². The van der Waals surface area contributed by atoms with Gasteiger partial charge in [0.05, 0.1) is 18.4 Å². The number of carbonyl (C=O) groups is 2. The zero-order valence-corrected chi connectivity index (χ0v) is 14.8. The monoisotopic (exact) mass is 378 g/mol. The van der Waals surface area contributed by atoms with Gasteiger partial charge in [-0.2, -0.15) is 0 Å². The lowest BCUT2D eigenvalue weighted by Gasteiger charge is -2.08. The van der Waals surface area contributed by atoms with Crippen LogP contribution < -0.4 is 15.2 Å². The number of hydrogen-bond donors (Lipinski definition) is 2. The van der Waals surface area contributed by atoms with Crippen LogP contribution in [0, 0.1) is 0 Å². The molecule has 0 radical (unpaired) electrons. The fraction of sp³-hybridized carbons (Fsp3) is 0.176. The summed E-state index contributed by atoms with van der Waals surface area (Å²) in [6.07, 6.45) is 0.0121. The van der Waals surface area contributed by atoms with Gasteiger partial charge in [-0.15, -0.1) is 0 Å². The quantitative estimate of drug-likeness (QED) is 0.694. The van der Waals surface area contributed by atoms with E-state index in [1.807, 2.05) is 0 Å². The SMILES string of the molecule is COc1ccc(CC(=O)OCC(=O)Nc2cccc(S(N)(=O)=O)c2)cc1. The first-order chi connectivity index (χ1) is 12.3. The number of rotatable bonds is 7. The number of sulfonamides is 1. The Morgan fingerprint density at radius 1 is 1.12 bits per heavy atom. The first-order valence-electron chi connectivity index (χ1n) is 7.49. The van der Waals surface area contributed by atoms with Gasteiger partial charge in [0.25, 0.3) is 5.91 Å². The molecule has 138 valence electrons. The standard InChI is InChI=1S/C17H18N2O6S/c1-24-14-7-5-12(6-8-14)9-17(21)25-11-16(20)19-13-3-2-4-15(10-13)26(18,22)23/h2-8,10H,9,11H2,1H3,(H,19,20)(H2,18,22,23). The summed E-state index contributed by atoms with van der Waals surface area (Å²) in [6, 6.07) is 12.3. The predicted octanol–water partition coefficient (Wildman–Crippen LogP) is 1.07. The van der Waals surface area contributed by atoms with Gasteiger partial charge >= 0.3 is 5.97 Å². The zero-order valence-electron chi connectivity index (χ0n) is 14.0. The number of primary sulfonamides is 1. The summed E-state index contributed by atoms with van der Waals surface area (Å²) in [4.78, 5) is 23.5. The van der Waals surface area contributed by atoms with Crippen molar-refractivity contribution in [3.05, 3.63) is 54.1 Å². The van der Waals surface area contributed by atoms with Gasteiger partial charge in [-0.25, -0.2) is 13.6 Å². The number of ether oxygens (including phenoxy) is 2. The van der Waals surface area contributed by atoms with Crippen molar-refractivity contribution in [3.63, 3.8) is 0 Å². The molecule has 9 heteroatoms. The lowest BCUT2D eigenvalue weighted by atomic mass is 10.1. The van der Waals surface area contributed by atoms with Gasteiger partial charge < -0.3 is 14.8 Å². The molecule has 0 aromatic heterocycles. The van der Waals surface area contributed by atoms with Crippen LogP contribution in [0.15, 0.2) is 53.4 Å². The maximum Gasteiger partial charge on any atom is 0.310 e. The molecule has 0 bridgehead atoms. The number of benzene rings is 2. The van der Waals surface area contributed by atoms with Crippen molar-refractivity contribution in [2.45, 2.75) is 11.3 Å². The fourth-order valence-corrected chi connectivity index (χ4v) is 2.61. The summed E-state index contributed by atoms with van der Waals surface area (Å²) in [5.74, 6) is -0.494. The third-order valence-corrected chi connectivity index (χ3v) is 4.23. The Bertz CT molecular complexity index is 894. The average Bonchev–Trinajstić information content (AvgIpc) is 2.60. The highest BCUT2D eigenvalue weighted by atomic mass is 32.2. The van der Waals surface area contributed by atoms with Gasteiger partial charge in [0.15, 0.2) is 6.61 Å². The third kappa shape index (κ3) is 5.87. The largest absolute Gasteiger partial charge is 0.497 e. The number of carbonyl (C=O) groups excluding carboxylic acids is 2. The van der Waals surface area contributed by atoms with Crippen LogP contribution in [0.1, 0.15) is 5.56 Å². The Kier molecular flexibility index (Phi) is 6.31. The molecule has 2 aromatic carbocycles. The Morgan fingerprint density at radius 3 is 2.42 bits per heavy atom. The summed E-state index contributed by atoms with van der Waals surface area (Å²) in [5.41, 5.74) is 0.949. The van der Waals surface area contributed by atoms with Crippen LogP contribution in [0.5, 0.6) is 5.75 Å². The lowest BCUT2D eigenvalue weighted by molar-refractivity contribution is -0.146. The van der Waals surface area contributed by atoms with E-state index >= 15 is 0 Å². The van der Waals surface area contributed by atoms with Crippen LogP contribution in [-0.4, -0.2) is 34.0 Å². The van der Waals surface area contributed by atoms with Gasteiger partial charge in [-0.3, -0.25) is 9.59 Å². The topological polar surface area (TPSA) is 125 Å². The molecule has 3 N–H and O–H groups in total. The minimum absolute atomic E-state index is 0.0121. The van der Waals surface area contributed by atoms with E-state index in [0.29, 0.717) is 5.75 Å². The van der Waals surface area contributed by atoms with Gasteiger partial charge in [0.2, 0.25) is 10.0 Å². The first kappa shape index (κ1) is 19.4. The Labute approximate surface area is 151 Å². The van der Waals surface area contributed by atoms with Crippen molar-refractivity contribution in [3.8, 4) is 5.75 Å². The van der Waals surface area contributed by atoms with E-state index < -0.39 is 28.5 Å². The molecule has 0 heterocycles. The van der Waals surface area contributed by atoms with E-state index in [2.05, 4.69) is 5.32 Å². The number of anilines is 1. The summed E-state index contributed by atoms with van der Waals surface area (Å²) in [5, 5.41) is 7.46. The minimum Gasteiger partial charge on any atom is -0.497 e. The third-order valence-electron chi connectivity index (χ3n) is 3.32. The van der Waals surface area contributed by atoms with Crippen molar-refractivity contribution in [1.29, 1.82) is 0 Å². The predicted molar refractivity (Wildman–Crippen MR) is 94.1 cm³/mol. The van der Waals surface area contributed by atoms with Crippen LogP contribution in [0.25, 0.3) is 0 Å². The molecule has 2 rings (SSSR count). The molecular formula is C17H18N2O6S. The molecule has 1 amide bonds. The number of methoxy groups -OCH3 is 1. The Morgan fingerprint density at radius 2 is 1.81 bits per heavy atom. The Hall–Kier alpha value is -2.91. The molecule has 0 unspecified atom stereocenters. The highest BCUT2D eigenvalue weighted by Gasteiger charge is 2.11. The molecule has 8 nitrogen and oxygen atoms in total. The smallest absolute Gasteiger partial charge is 0.310 e. The number of amides is 1. The van der Waals surface area contributed by atoms with Crippen LogP contribution >= 0.6 is 0 Å². The first-order valence-corrected chi connectivity index (χ1v) is 9.04. The van der Waals surface area contributed by atoms with Crippen LogP contribution in [-0.2, 0) is 30.8 Å². The van der Waals surface area contributed by atoms with Crippen LogP contribution in [0.4, 0.5) is 5.69 Å². The van der Waals surface area contributed by atoms with E-state index in [1.165, 1.54) is 24.3 Å². The molecule has 0 aliphatic carbocycles. The van der Waals surface area contributed by atoms with Crippen molar-refractivity contribution < 1.29 is 27.5 Å². The van der Waals surface area contributed by atoms with Gasteiger partial charge in [0, 0.05) is 5.69 Å². The highest BCUT2D eigenvalue weighted by molar-refractivity contribution is 7.89. The van der Waals surface area contributed by atoms with Gasteiger partial charge in [-0.05, 0) is 35.9 Å². The zero-order chi connectivity index (χ0) is 19.2. The van der Waals surface area contributed by atoms with E-state index in [-0.39, 0.29) is 17.0 Å². The van der Waals surface area contributed by atoms with Crippen molar-refractivity contribution in [2.24, 2.45) is 5.14 Å². The minimum atomic E-state index is -3.87. The number of hydrogen-bond acceptors (Lipinski definition) is 6. The molecular weight excluding hydrogens is 360 g/mol. The second kappa shape index (κ2) is 8.45.